The van der Waals surface area contributed by atoms with Crippen LogP contribution in [-0.4, -0.2) is 18.8 Å². The summed E-state index contributed by atoms with van der Waals surface area (Å²) in [6, 6.07) is 15.1. The maximum atomic E-state index is 10.0. The molecule has 2 rings (SSSR count). The highest BCUT2D eigenvalue weighted by Gasteiger charge is 2.06. The van der Waals surface area contributed by atoms with E-state index in [4.69, 9.17) is 16.3 Å². The molecule has 0 spiro atoms. The van der Waals surface area contributed by atoms with Crippen molar-refractivity contribution in [1.82, 2.24) is 5.32 Å². The zero-order valence-corrected chi connectivity index (χ0v) is 12.1. The highest BCUT2D eigenvalue weighted by molar-refractivity contribution is 6.30. The summed E-state index contributed by atoms with van der Waals surface area (Å²) in [7, 11) is 1.65. The Bertz CT molecular complexity index is 525. The van der Waals surface area contributed by atoms with Crippen molar-refractivity contribution in [2.24, 2.45) is 0 Å². The molecular weight excluding hydrogens is 274 g/mol. The minimum Gasteiger partial charge on any atom is -0.497 e. The predicted molar refractivity (Wildman–Crippen MR) is 81.1 cm³/mol. The van der Waals surface area contributed by atoms with Crippen molar-refractivity contribution in [1.29, 1.82) is 0 Å². The van der Waals surface area contributed by atoms with Crippen LogP contribution in [0.2, 0.25) is 5.02 Å². The summed E-state index contributed by atoms with van der Waals surface area (Å²) in [5.74, 6) is 0.843. The van der Waals surface area contributed by atoms with Gasteiger partial charge in [0.15, 0.2) is 0 Å². The van der Waals surface area contributed by atoms with Gasteiger partial charge in [-0.05, 0) is 35.4 Å². The van der Waals surface area contributed by atoms with Crippen LogP contribution in [0.4, 0.5) is 0 Å². The molecule has 0 radical (unpaired) electrons. The Morgan fingerprint density at radius 3 is 2.35 bits per heavy atom. The van der Waals surface area contributed by atoms with Crippen molar-refractivity contribution < 1.29 is 9.84 Å². The van der Waals surface area contributed by atoms with Crippen LogP contribution in [0, 0.1) is 0 Å². The fourth-order valence-electron chi connectivity index (χ4n) is 1.90. The van der Waals surface area contributed by atoms with Crippen molar-refractivity contribution in [2.45, 2.75) is 12.6 Å². The average molecular weight is 292 g/mol. The first-order valence-electron chi connectivity index (χ1n) is 6.46. The highest BCUT2D eigenvalue weighted by atomic mass is 35.5. The second-order valence-electron chi connectivity index (χ2n) is 4.55. The molecule has 0 saturated carbocycles. The van der Waals surface area contributed by atoms with Crippen molar-refractivity contribution in [3.63, 3.8) is 0 Å². The summed E-state index contributed by atoms with van der Waals surface area (Å²) < 4.78 is 5.11. The van der Waals surface area contributed by atoms with Crippen LogP contribution < -0.4 is 10.1 Å². The number of aliphatic hydroxyl groups is 1. The molecule has 20 heavy (non-hydrogen) atoms. The van der Waals surface area contributed by atoms with Crippen LogP contribution in [0.3, 0.4) is 0 Å². The number of benzene rings is 2. The number of methoxy groups -OCH3 is 1. The summed E-state index contributed by atoms with van der Waals surface area (Å²) in [5.41, 5.74) is 2.01. The highest BCUT2D eigenvalue weighted by Crippen LogP contribution is 2.16. The van der Waals surface area contributed by atoms with Gasteiger partial charge in [0.05, 0.1) is 13.2 Å². The van der Waals surface area contributed by atoms with Crippen LogP contribution in [0.5, 0.6) is 5.75 Å². The SMILES string of the molecule is COc1ccc(CNC[C@H](O)c2ccc(Cl)cc2)cc1. The number of halogens is 1. The molecule has 2 aromatic rings. The third kappa shape index (κ3) is 4.23. The van der Waals surface area contributed by atoms with E-state index in [2.05, 4.69) is 5.32 Å². The second kappa shape index (κ2) is 7.29. The molecule has 0 amide bonds. The lowest BCUT2D eigenvalue weighted by atomic mass is 10.1. The van der Waals surface area contributed by atoms with E-state index in [0.717, 1.165) is 16.9 Å². The molecule has 0 heterocycles. The first-order chi connectivity index (χ1) is 9.69. The van der Waals surface area contributed by atoms with Crippen molar-refractivity contribution in [3.8, 4) is 5.75 Å². The molecule has 0 aliphatic heterocycles. The van der Waals surface area contributed by atoms with E-state index in [1.807, 2.05) is 36.4 Å². The zero-order valence-electron chi connectivity index (χ0n) is 11.3. The monoisotopic (exact) mass is 291 g/mol. The number of aliphatic hydroxyl groups excluding tert-OH is 1. The molecule has 2 N–H and O–H groups in total. The summed E-state index contributed by atoms with van der Waals surface area (Å²) in [6.45, 7) is 1.20. The molecule has 4 heteroatoms. The Labute approximate surface area is 124 Å². The van der Waals surface area contributed by atoms with Gasteiger partial charge in [-0.3, -0.25) is 0 Å². The van der Waals surface area contributed by atoms with E-state index in [0.29, 0.717) is 18.1 Å². The molecule has 0 fully saturated rings. The van der Waals surface area contributed by atoms with Gasteiger partial charge in [0, 0.05) is 18.1 Å². The Morgan fingerprint density at radius 2 is 1.75 bits per heavy atom. The second-order valence-corrected chi connectivity index (χ2v) is 4.98. The molecule has 106 valence electrons. The number of ether oxygens (including phenoxy) is 1. The lowest BCUT2D eigenvalue weighted by Crippen LogP contribution is -2.21. The lowest BCUT2D eigenvalue weighted by molar-refractivity contribution is 0.174. The summed E-state index contributed by atoms with van der Waals surface area (Å²) in [5, 5.41) is 13.9. The first kappa shape index (κ1) is 14.9. The number of hydrogen-bond donors (Lipinski definition) is 2. The fraction of sp³-hybridized carbons (Fsp3) is 0.250. The lowest BCUT2D eigenvalue weighted by Gasteiger charge is -2.12. The van der Waals surface area contributed by atoms with Gasteiger partial charge in [-0.2, -0.15) is 0 Å². The molecule has 0 aromatic heterocycles. The Kier molecular flexibility index (Phi) is 5.41. The molecule has 0 aliphatic carbocycles. The Hall–Kier alpha value is -1.55. The van der Waals surface area contributed by atoms with Gasteiger partial charge in [-0.1, -0.05) is 35.9 Å². The maximum Gasteiger partial charge on any atom is 0.118 e. The van der Waals surface area contributed by atoms with E-state index < -0.39 is 6.10 Å². The van der Waals surface area contributed by atoms with E-state index in [9.17, 15) is 5.11 Å². The van der Waals surface area contributed by atoms with Crippen LogP contribution in [-0.2, 0) is 6.54 Å². The van der Waals surface area contributed by atoms with Gasteiger partial charge in [0.1, 0.15) is 5.75 Å². The van der Waals surface area contributed by atoms with Crippen molar-refractivity contribution in [3.05, 3.63) is 64.7 Å². The number of hydrogen-bond acceptors (Lipinski definition) is 3. The van der Waals surface area contributed by atoms with Crippen molar-refractivity contribution in [2.75, 3.05) is 13.7 Å². The molecule has 0 bridgehead atoms. The topological polar surface area (TPSA) is 41.5 Å². The molecule has 2 aromatic carbocycles. The van der Waals surface area contributed by atoms with E-state index in [-0.39, 0.29) is 0 Å². The molecule has 1 atom stereocenters. The van der Waals surface area contributed by atoms with E-state index >= 15 is 0 Å². The average Bonchev–Trinajstić information content (AvgIpc) is 2.48. The fourth-order valence-corrected chi connectivity index (χ4v) is 2.03. The van der Waals surface area contributed by atoms with Gasteiger partial charge < -0.3 is 15.2 Å². The van der Waals surface area contributed by atoms with Gasteiger partial charge in [0.2, 0.25) is 0 Å². The smallest absolute Gasteiger partial charge is 0.118 e. The standard InChI is InChI=1S/C16H18ClNO2/c1-20-15-8-2-12(3-9-15)10-18-11-16(19)13-4-6-14(17)7-5-13/h2-9,16,18-19H,10-11H2,1H3/t16-/m0/s1. The van der Waals surface area contributed by atoms with Crippen LogP contribution in [0.25, 0.3) is 0 Å². The molecule has 0 aliphatic rings. The molecule has 0 unspecified atom stereocenters. The zero-order chi connectivity index (χ0) is 14.4. The van der Waals surface area contributed by atoms with E-state index in [1.54, 1.807) is 19.2 Å². The summed E-state index contributed by atoms with van der Waals surface area (Å²) >= 11 is 5.82. The van der Waals surface area contributed by atoms with Crippen LogP contribution in [0.1, 0.15) is 17.2 Å². The van der Waals surface area contributed by atoms with Gasteiger partial charge in [-0.15, -0.1) is 0 Å². The molecule has 3 nitrogen and oxygen atoms in total. The summed E-state index contributed by atoms with van der Waals surface area (Å²) in [4.78, 5) is 0. The van der Waals surface area contributed by atoms with Crippen LogP contribution in [0.15, 0.2) is 48.5 Å². The third-order valence-corrected chi connectivity index (χ3v) is 3.33. The van der Waals surface area contributed by atoms with Gasteiger partial charge in [0.25, 0.3) is 0 Å². The maximum absolute atomic E-state index is 10.0. The number of nitrogens with one attached hydrogen (secondary N) is 1. The van der Waals surface area contributed by atoms with Crippen LogP contribution >= 0.6 is 11.6 Å². The predicted octanol–water partition coefficient (Wildman–Crippen LogP) is 3.17. The molecule has 0 saturated heterocycles. The Balaban J connectivity index is 1.81. The van der Waals surface area contributed by atoms with E-state index in [1.165, 1.54) is 0 Å². The minimum atomic E-state index is -0.537. The van der Waals surface area contributed by atoms with Gasteiger partial charge >= 0.3 is 0 Å². The first-order valence-corrected chi connectivity index (χ1v) is 6.84. The summed E-state index contributed by atoms with van der Waals surface area (Å²) in [6.07, 6.45) is -0.537. The molecular formula is C16H18ClNO2. The van der Waals surface area contributed by atoms with Crippen molar-refractivity contribution >= 4 is 11.6 Å². The Morgan fingerprint density at radius 1 is 1.10 bits per heavy atom. The quantitative estimate of drug-likeness (QED) is 0.859. The normalized spacial score (nSPS) is 12.2. The largest absolute Gasteiger partial charge is 0.497 e. The number of rotatable bonds is 6. The minimum absolute atomic E-state index is 0.494. The third-order valence-electron chi connectivity index (χ3n) is 3.08. The van der Waals surface area contributed by atoms with Gasteiger partial charge in [-0.25, -0.2) is 0 Å².